The summed E-state index contributed by atoms with van der Waals surface area (Å²) in [5, 5.41) is 19.1. The highest BCUT2D eigenvalue weighted by Crippen LogP contribution is 2.14. The molecule has 0 aliphatic heterocycles. The molecule has 0 atom stereocenters. The standard InChI is InChI=1S/C17H14N2O6/c20-15(10-16(21)17(22)23)8-7-13-2-1-9-18(13)11-12-3-5-14(6-4-12)19(24)25/h1-9H,10-11H2,(H,22,23)/b8-7+. The number of hydrogen-bond acceptors (Lipinski definition) is 5. The summed E-state index contributed by atoms with van der Waals surface area (Å²) in [5.74, 6) is -3.39. The summed E-state index contributed by atoms with van der Waals surface area (Å²) >= 11 is 0. The van der Waals surface area contributed by atoms with E-state index in [1.807, 2.05) is 4.57 Å². The molecule has 8 nitrogen and oxygen atoms in total. The molecule has 1 aromatic heterocycles. The summed E-state index contributed by atoms with van der Waals surface area (Å²) in [6.07, 6.45) is 3.73. The number of aliphatic carboxylic acids is 1. The highest BCUT2D eigenvalue weighted by molar-refractivity contribution is 6.37. The van der Waals surface area contributed by atoms with Crippen molar-refractivity contribution >= 4 is 29.3 Å². The van der Waals surface area contributed by atoms with Crippen LogP contribution in [0, 0.1) is 10.1 Å². The van der Waals surface area contributed by atoms with Crippen LogP contribution in [0.15, 0.2) is 48.7 Å². The van der Waals surface area contributed by atoms with Crippen molar-refractivity contribution in [3.63, 3.8) is 0 Å². The van der Waals surface area contributed by atoms with E-state index in [1.165, 1.54) is 18.2 Å². The molecule has 1 aromatic carbocycles. The molecule has 0 saturated carbocycles. The van der Waals surface area contributed by atoms with Gasteiger partial charge < -0.3 is 9.67 Å². The van der Waals surface area contributed by atoms with Gasteiger partial charge in [0.1, 0.15) is 0 Å². The van der Waals surface area contributed by atoms with E-state index in [0.717, 1.165) is 11.6 Å². The second-order valence-electron chi connectivity index (χ2n) is 5.19. The Morgan fingerprint density at radius 2 is 1.84 bits per heavy atom. The average molecular weight is 342 g/mol. The van der Waals surface area contributed by atoms with Crippen molar-refractivity contribution in [3.8, 4) is 0 Å². The number of carbonyl (C=O) groups is 3. The van der Waals surface area contributed by atoms with E-state index >= 15 is 0 Å². The SMILES string of the molecule is O=C(/C=C/c1cccn1Cc1ccc([N+](=O)[O-])cc1)CC(=O)C(=O)O. The smallest absolute Gasteiger partial charge is 0.372 e. The summed E-state index contributed by atoms with van der Waals surface area (Å²) < 4.78 is 1.81. The van der Waals surface area contributed by atoms with Crippen LogP contribution in [-0.2, 0) is 20.9 Å². The van der Waals surface area contributed by atoms with Crippen LogP contribution < -0.4 is 0 Å². The van der Waals surface area contributed by atoms with E-state index in [-0.39, 0.29) is 5.69 Å². The highest BCUT2D eigenvalue weighted by Gasteiger charge is 2.14. The third kappa shape index (κ3) is 4.96. The Balaban J connectivity index is 2.05. The molecular weight excluding hydrogens is 328 g/mol. The minimum atomic E-state index is -1.64. The Morgan fingerprint density at radius 3 is 2.44 bits per heavy atom. The van der Waals surface area contributed by atoms with Crippen LogP contribution in [0.3, 0.4) is 0 Å². The normalized spacial score (nSPS) is 10.7. The number of rotatable bonds is 8. The largest absolute Gasteiger partial charge is 0.475 e. The first-order valence-electron chi connectivity index (χ1n) is 7.22. The van der Waals surface area contributed by atoms with E-state index in [2.05, 4.69) is 0 Å². The average Bonchev–Trinajstić information content (AvgIpc) is 3.00. The molecule has 128 valence electrons. The maximum Gasteiger partial charge on any atom is 0.372 e. The molecule has 2 rings (SSSR count). The first-order chi connectivity index (χ1) is 11.9. The lowest BCUT2D eigenvalue weighted by molar-refractivity contribution is -0.384. The number of carboxylic acid groups (broad SMARTS) is 1. The minimum Gasteiger partial charge on any atom is -0.475 e. The van der Waals surface area contributed by atoms with Crippen LogP contribution >= 0.6 is 0 Å². The third-order valence-electron chi connectivity index (χ3n) is 3.38. The van der Waals surface area contributed by atoms with Crippen molar-refractivity contribution in [1.82, 2.24) is 4.57 Å². The van der Waals surface area contributed by atoms with Crippen LogP contribution in [0.25, 0.3) is 6.08 Å². The van der Waals surface area contributed by atoms with E-state index in [4.69, 9.17) is 5.11 Å². The van der Waals surface area contributed by atoms with Crippen LogP contribution in [0.1, 0.15) is 17.7 Å². The fraction of sp³-hybridized carbons (Fsp3) is 0.118. The number of hydrogen-bond donors (Lipinski definition) is 1. The molecule has 0 amide bonds. The van der Waals surface area contributed by atoms with Gasteiger partial charge in [-0.25, -0.2) is 4.79 Å². The van der Waals surface area contributed by atoms with Gasteiger partial charge in [-0.15, -0.1) is 0 Å². The number of nitrogens with zero attached hydrogens (tertiary/aromatic N) is 2. The Labute approximate surface area is 142 Å². The van der Waals surface area contributed by atoms with Gasteiger partial charge in [-0.1, -0.05) is 12.1 Å². The monoisotopic (exact) mass is 342 g/mol. The number of Topliss-reactive ketones (excluding diaryl/α,β-unsaturated/α-hetero) is 1. The summed E-state index contributed by atoms with van der Waals surface area (Å²) in [4.78, 5) is 43.2. The van der Waals surface area contributed by atoms with Gasteiger partial charge in [-0.2, -0.15) is 0 Å². The zero-order valence-corrected chi connectivity index (χ0v) is 13.0. The molecule has 2 aromatic rings. The zero-order valence-electron chi connectivity index (χ0n) is 13.0. The van der Waals surface area contributed by atoms with Crippen molar-refractivity contribution < 1.29 is 24.4 Å². The first-order valence-corrected chi connectivity index (χ1v) is 7.22. The third-order valence-corrected chi connectivity index (χ3v) is 3.38. The van der Waals surface area contributed by atoms with Crippen LogP contribution in [0.2, 0.25) is 0 Å². The Kier molecular flexibility index (Phi) is 5.57. The van der Waals surface area contributed by atoms with Gasteiger partial charge in [-0.05, 0) is 29.8 Å². The summed E-state index contributed by atoms with van der Waals surface area (Å²) in [7, 11) is 0. The van der Waals surface area contributed by atoms with Crippen molar-refractivity contribution in [2.75, 3.05) is 0 Å². The van der Waals surface area contributed by atoms with Crippen molar-refractivity contribution in [1.29, 1.82) is 0 Å². The molecule has 0 aliphatic rings. The van der Waals surface area contributed by atoms with Gasteiger partial charge in [0.2, 0.25) is 5.78 Å². The topological polar surface area (TPSA) is 120 Å². The number of aromatic nitrogens is 1. The number of nitro benzene ring substituents is 1. The molecule has 8 heteroatoms. The first kappa shape index (κ1) is 17.8. The maximum absolute atomic E-state index is 11.6. The Morgan fingerprint density at radius 1 is 1.16 bits per heavy atom. The summed E-state index contributed by atoms with van der Waals surface area (Å²) in [6.45, 7) is 0.437. The molecule has 0 aliphatic carbocycles. The Hall–Kier alpha value is -3.55. The second-order valence-corrected chi connectivity index (χ2v) is 5.19. The molecule has 1 heterocycles. The summed E-state index contributed by atoms with van der Waals surface area (Å²) in [6, 6.07) is 9.61. The maximum atomic E-state index is 11.6. The lowest BCUT2D eigenvalue weighted by atomic mass is 10.2. The fourth-order valence-electron chi connectivity index (χ4n) is 2.11. The molecule has 1 N–H and O–H groups in total. The molecule has 0 radical (unpaired) electrons. The molecule has 0 unspecified atom stereocenters. The van der Waals surface area contributed by atoms with Gasteiger partial charge in [0.15, 0.2) is 5.78 Å². The van der Waals surface area contributed by atoms with Gasteiger partial charge >= 0.3 is 5.97 Å². The zero-order chi connectivity index (χ0) is 18.4. The number of carboxylic acids is 1. The van der Waals surface area contributed by atoms with Crippen LogP contribution in [0.4, 0.5) is 5.69 Å². The molecule has 0 spiro atoms. The van der Waals surface area contributed by atoms with Crippen molar-refractivity contribution in [2.45, 2.75) is 13.0 Å². The number of allylic oxidation sites excluding steroid dienone is 1. The van der Waals surface area contributed by atoms with Gasteiger partial charge in [-0.3, -0.25) is 19.7 Å². The number of ketones is 2. The summed E-state index contributed by atoms with van der Waals surface area (Å²) in [5.41, 5.74) is 1.52. The van der Waals surface area contributed by atoms with Crippen LogP contribution in [-0.4, -0.2) is 32.1 Å². The predicted molar refractivity (Wildman–Crippen MR) is 87.9 cm³/mol. The number of benzene rings is 1. The number of carbonyl (C=O) groups excluding carboxylic acids is 2. The minimum absolute atomic E-state index is 0.00469. The van der Waals surface area contributed by atoms with E-state index in [0.29, 0.717) is 12.2 Å². The molecule has 0 saturated heterocycles. The molecule has 0 fully saturated rings. The molecule has 25 heavy (non-hydrogen) atoms. The lowest BCUT2D eigenvalue weighted by Gasteiger charge is -2.06. The number of non-ortho nitro benzene ring substituents is 1. The van der Waals surface area contributed by atoms with Crippen molar-refractivity contribution in [3.05, 3.63) is 70.0 Å². The van der Waals surface area contributed by atoms with Crippen LogP contribution in [0.5, 0.6) is 0 Å². The van der Waals surface area contributed by atoms with Gasteiger partial charge in [0, 0.05) is 30.6 Å². The van der Waals surface area contributed by atoms with E-state index in [9.17, 15) is 24.5 Å². The van der Waals surface area contributed by atoms with Crippen molar-refractivity contribution in [2.24, 2.45) is 0 Å². The van der Waals surface area contributed by atoms with E-state index < -0.39 is 28.9 Å². The predicted octanol–water partition coefficient (Wildman–Crippen LogP) is 2.07. The quantitative estimate of drug-likeness (QED) is 0.258. The van der Waals surface area contributed by atoms with E-state index in [1.54, 1.807) is 30.5 Å². The lowest BCUT2D eigenvalue weighted by Crippen LogP contribution is -2.15. The molecule has 0 bridgehead atoms. The van der Waals surface area contributed by atoms with Gasteiger partial charge in [0.25, 0.3) is 5.69 Å². The second kappa shape index (κ2) is 7.82. The Bertz CT molecular complexity index is 848. The fourth-order valence-corrected chi connectivity index (χ4v) is 2.11. The number of nitro groups is 1. The van der Waals surface area contributed by atoms with Gasteiger partial charge in [0.05, 0.1) is 11.3 Å². The molecular formula is C17H14N2O6. The highest BCUT2D eigenvalue weighted by atomic mass is 16.6.